The van der Waals surface area contributed by atoms with Gasteiger partial charge in [-0.25, -0.2) is 0 Å². The van der Waals surface area contributed by atoms with Crippen LogP contribution in [0.3, 0.4) is 0 Å². The Labute approximate surface area is 127 Å². The third-order valence-corrected chi connectivity index (χ3v) is 4.65. The van der Waals surface area contributed by atoms with Crippen molar-refractivity contribution in [3.8, 4) is 0 Å². The summed E-state index contributed by atoms with van der Waals surface area (Å²) in [6.45, 7) is 1.95. The van der Waals surface area contributed by atoms with E-state index in [2.05, 4.69) is 45.5 Å². The summed E-state index contributed by atoms with van der Waals surface area (Å²) in [6, 6.07) is 14.7. The first-order chi connectivity index (χ1) is 9.25. The summed E-state index contributed by atoms with van der Waals surface area (Å²) in [5.74, 6) is 0. The van der Waals surface area contributed by atoms with Crippen molar-refractivity contribution in [2.45, 2.75) is 25.4 Å². The number of rotatable bonds is 7. The van der Waals surface area contributed by atoms with Crippen molar-refractivity contribution in [3.05, 3.63) is 56.7 Å². The third-order valence-electron chi connectivity index (χ3n) is 3.02. The molecule has 1 atom stereocenters. The lowest BCUT2D eigenvalue weighted by Crippen LogP contribution is -2.17. The summed E-state index contributed by atoms with van der Waals surface area (Å²) < 4.78 is 1.19. The molecule has 2 aromatic rings. The summed E-state index contributed by atoms with van der Waals surface area (Å²) in [4.78, 5) is 1.36. The molecule has 19 heavy (non-hydrogen) atoms. The second-order valence-corrected chi connectivity index (χ2v) is 7.09. The fraction of sp³-hybridized carbons (Fsp3) is 0.333. The van der Waals surface area contributed by atoms with E-state index in [0.29, 0.717) is 0 Å². The monoisotopic (exact) mass is 338 g/mol. The molecule has 3 N–H and O–H groups in total. The van der Waals surface area contributed by atoms with Gasteiger partial charge in [0.1, 0.15) is 0 Å². The molecule has 0 saturated heterocycles. The fourth-order valence-corrected chi connectivity index (χ4v) is 3.42. The van der Waals surface area contributed by atoms with Gasteiger partial charge in [-0.15, -0.1) is 11.3 Å². The van der Waals surface area contributed by atoms with E-state index in [1.54, 1.807) is 11.3 Å². The molecule has 0 saturated carbocycles. The molecule has 0 bridgehead atoms. The van der Waals surface area contributed by atoms with Crippen molar-refractivity contribution >= 4 is 27.3 Å². The lowest BCUT2D eigenvalue weighted by atomic mass is 10.0. The normalized spacial score (nSPS) is 12.5. The zero-order valence-electron chi connectivity index (χ0n) is 10.8. The zero-order valence-corrected chi connectivity index (χ0v) is 13.2. The van der Waals surface area contributed by atoms with Crippen LogP contribution in [0.2, 0.25) is 0 Å². The standard InChI is InChI=1S/C15H19BrN2S/c16-15-9-8-13(19-15)11-18-10-4-7-14(17)12-5-2-1-3-6-12/h1-3,5-6,8-9,14,18H,4,7,10-11,17H2. The van der Waals surface area contributed by atoms with Gasteiger partial charge in [0.2, 0.25) is 0 Å². The molecule has 1 heterocycles. The lowest BCUT2D eigenvalue weighted by molar-refractivity contribution is 0.568. The highest BCUT2D eigenvalue weighted by Crippen LogP contribution is 2.21. The van der Waals surface area contributed by atoms with E-state index < -0.39 is 0 Å². The predicted octanol–water partition coefficient (Wildman–Crippen LogP) is 4.08. The van der Waals surface area contributed by atoms with Crippen molar-refractivity contribution < 1.29 is 0 Å². The maximum Gasteiger partial charge on any atom is 0.0701 e. The summed E-state index contributed by atoms with van der Waals surface area (Å²) in [6.07, 6.45) is 2.12. The molecular weight excluding hydrogens is 320 g/mol. The lowest BCUT2D eigenvalue weighted by Gasteiger charge is -2.11. The van der Waals surface area contributed by atoms with E-state index in [1.807, 2.05) is 18.2 Å². The van der Waals surface area contributed by atoms with Gasteiger partial charge in [0, 0.05) is 17.5 Å². The fourth-order valence-electron chi connectivity index (χ4n) is 1.97. The highest BCUT2D eigenvalue weighted by atomic mass is 79.9. The van der Waals surface area contributed by atoms with Crippen molar-refractivity contribution in [1.82, 2.24) is 5.32 Å². The molecule has 1 aromatic carbocycles. The van der Waals surface area contributed by atoms with Gasteiger partial charge < -0.3 is 11.1 Å². The number of hydrogen-bond donors (Lipinski definition) is 2. The minimum atomic E-state index is 0.152. The Kier molecular flexibility index (Phi) is 6.04. The van der Waals surface area contributed by atoms with Gasteiger partial charge in [0.15, 0.2) is 0 Å². The van der Waals surface area contributed by atoms with E-state index >= 15 is 0 Å². The molecule has 2 nitrogen and oxygen atoms in total. The van der Waals surface area contributed by atoms with Crippen LogP contribution in [0.25, 0.3) is 0 Å². The molecule has 0 amide bonds. The van der Waals surface area contributed by atoms with E-state index in [-0.39, 0.29) is 6.04 Å². The molecule has 4 heteroatoms. The molecular formula is C15H19BrN2S. The highest BCUT2D eigenvalue weighted by Gasteiger charge is 2.04. The van der Waals surface area contributed by atoms with Gasteiger partial charge >= 0.3 is 0 Å². The van der Waals surface area contributed by atoms with Crippen LogP contribution < -0.4 is 11.1 Å². The molecule has 0 fully saturated rings. The maximum absolute atomic E-state index is 6.16. The van der Waals surface area contributed by atoms with Crippen LogP contribution in [-0.4, -0.2) is 6.54 Å². The highest BCUT2D eigenvalue weighted by molar-refractivity contribution is 9.11. The Balaban J connectivity index is 1.62. The van der Waals surface area contributed by atoms with Gasteiger partial charge in [-0.3, -0.25) is 0 Å². The molecule has 0 radical (unpaired) electrons. The molecule has 0 spiro atoms. The molecule has 1 aromatic heterocycles. The number of nitrogens with two attached hydrogens (primary N) is 1. The molecule has 102 valence electrons. The van der Waals surface area contributed by atoms with Gasteiger partial charge in [0.25, 0.3) is 0 Å². The van der Waals surface area contributed by atoms with Gasteiger partial charge in [-0.05, 0) is 53.0 Å². The van der Waals surface area contributed by atoms with Crippen molar-refractivity contribution in [3.63, 3.8) is 0 Å². The smallest absolute Gasteiger partial charge is 0.0701 e. The molecule has 0 aliphatic carbocycles. The average molecular weight is 339 g/mol. The Morgan fingerprint density at radius 1 is 1.16 bits per heavy atom. The van der Waals surface area contributed by atoms with Crippen LogP contribution in [0, 0.1) is 0 Å². The second-order valence-electron chi connectivity index (χ2n) is 4.54. The molecule has 0 aliphatic rings. The predicted molar refractivity (Wildman–Crippen MR) is 86.3 cm³/mol. The summed E-state index contributed by atoms with van der Waals surface area (Å²) in [5.41, 5.74) is 7.39. The second kappa shape index (κ2) is 7.80. The minimum Gasteiger partial charge on any atom is -0.324 e. The summed E-state index contributed by atoms with van der Waals surface area (Å²) >= 11 is 5.25. The third kappa shape index (κ3) is 5.07. The average Bonchev–Trinajstić information content (AvgIpc) is 2.85. The first kappa shape index (κ1) is 14.7. The van der Waals surface area contributed by atoms with Crippen LogP contribution in [0.15, 0.2) is 46.3 Å². The van der Waals surface area contributed by atoms with E-state index in [4.69, 9.17) is 5.73 Å². The van der Waals surface area contributed by atoms with Crippen LogP contribution in [-0.2, 0) is 6.54 Å². The Hall–Kier alpha value is -0.680. The number of halogens is 1. The van der Waals surface area contributed by atoms with Crippen molar-refractivity contribution in [2.75, 3.05) is 6.54 Å². The molecule has 0 aliphatic heterocycles. The van der Waals surface area contributed by atoms with E-state index in [0.717, 1.165) is 25.9 Å². The van der Waals surface area contributed by atoms with Crippen LogP contribution >= 0.6 is 27.3 Å². The Bertz CT molecular complexity index is 484. The van der Waals surface area contributed by atoms with Gasteiger partial charge in [-0.1, -0.05) is 30.3 Å². The summed E-state index contributed by atoms with van der Waals surface area (Å²) in [7, 11) is 0. The van der Waals surface area contributed by atoms with Gasteiger partial charge in [-0.2, -0.15) is 0 Å². The number of benzene rings is 1. The molecule has 1 unspecified atom stereocenters. The molecule has 2 rings (SSSR count). The van der Waals surface area contributed by atoms with Crippen LogP contribution in [0.1, 0.15) is 29.3 Å². The van der Waals surface area contributed by atoms with Crippen LogP contribution in [0.5, 0.6) is 0 Å². The van der Waals surface area contributed by atoms with Crippen molar-refractivity contribution in [1.29, 1.82) is 0 Å². The quantitative estimate of drug-likeness (QED) is 0.746. The minimum absolute atomic E-state index is 0.152. The maximum atomic E-state index is 6.16. The first-order valence-corrected chi connectivity index (χ1v) is 8.12. The van der Waals surface area contributed by atoms with Crippen LogP contribution in [0.4, 0.5) is 0 Å². The van der Waals surface area contributed by atoms with E-state index in [1.165, 1.54) is 14.2 Å². The largest absolute Gasteiger partial charge is 0.324 e. The number of thiophene rings is 1. The van der Waals surface area contributed by atoms with Crippen molar-refractivity contribution in [2.24, 2.45) is 5.73 Å². The number of hydrogen-bond acceptors (Lipinski definition) is 3. The van der Waals surface area contributed by atoms with Gasteiger partial charge in [0.05, 0.1) is 3.79 Å². The Morgan fingerprint density at radius 3 is 2.63 bits per heavy atom. The first-order valence-electron chi connectivity index (χ1n) is 6.51. The zero-order chi connectivity index (χ0) is 13.5. The summed E-state index contributed by atoms with van der Waals surface area (Å²) in [5, 5.41) is 3.46. The SMILES string of the molecule is NC(CCCNCc1ccc(Br)s1)c1ccccc1. The Morgan fingerprint density at radius 2 is 1.95 bits per heavy atom. The topological polar surface area (TPSA) is 38.0 Å². The van der Waals surface area contributed by atoms with E-state index in [9.17, 15) is 0 Å². The number of nitrogens with one attached hydrogen (secondary N) is 1.